The molecule has 1 aliphatic heterocycles. The molecule has 0 bridgehead atoms. The summed E-state index contributed by atoms with van der Waals surface area (Å²) in [6.07, 6.45) is 3.64. The summed E-state index contributed by atoms with van der Waals surface area (Å²) in [6, 6.07) is 4.32. The van der Waals surface area contributed by atoms with Crippen LogP contribution < -0.4 is 9.80 Å². The Bertz CT molecular complexity index is 423. The van der Waals surface area contributed by atoms with Gasteiger partial charge in [0.15, 0.2) is 0 Å². The number of nitrogens with zero attached hydrogens (tertiary/aromatic N) is 5. The number of hydrogen-bond donors (Lipinski definition) is 0. The van der Waals surface area contributed by atoms with Gasteiger partial charge in [0, 0.05) is 33.3 Å². The predicted molar refractivity (Wildman–Crippen MR) is 66.9 cm³/mol. The van der Waals surface area contributed by atoms with Gasteiger partial charge in [-0.3, -0.25) is 0 Å². The fraction of sp³-hybridized carbons (Fsp3) is 0.583. The standard InChI is InChI=1S/C12H17N5/c1-16(2)11-6-12(15-9-14-11)17-5-3-4-10(7-13)8-17/h6,9-10H,3-5,8H2,1-2H3. The lowest BCUT2D eigenvalue weighted by Crippen LogP contribution is -2.35. The number of hydrogen-bond acceptors (Lipinski definition) is 5. The average Bonchev–Trinajstić information content (AvgIpc) is 2.39. The van der Waals surface area contributed by atoms with Crippen molar-refractivity contribution in [2.24, 2.45) is 5.92 Å². The van der Waals surface area contributed by atoms with E-state index in [1.807, 2.05) is 25.1 Å². The summed E-state index contributed by atoms with van der Waals surface area (Å²) in [5.41, 5.74) is 0. The maximum absolute atomic E-state index is 8.98. The maximum Gasteiger partial charge on any atom is 0.134 e. The molecule has 1 unspecified atom stereocenters. The van der Waals surface area contributed by atoms with Crippen LogP contribution in [0.2, 0.25) is 0 Å². The summed E-state index contributed by atoms with van der Waals surface area (Å²) >= 11 is 0. The normalized spacial score (nSPS) is 19.8. The Hall–Kier alpha value is -1.83. The SMILES string of the molecule is CN(C)c1cc(N2CCCC(C#N)C2)ncn1. The zero-order chi connectivity index (χ0) is 12.3. The molecule has 0 radical (unpaired) electrons. The van der Waals surface area contributed by atoms with Crippen LogP contribution in [-0.2, 0) is 0 Å². The number of rotatable bonds is 2. The molecule has 0 amide bonds. The van der Waals surface area contributed by atoms with Crippen LogP contribution in [0.5, 0.6) is 0 Å². The molecule has 5 heteroatoms. The van der Waals surface area contributed by atoms with Crippen molar-refractivity contribution < 1.29 is 0 Å². The van der Waals surface area contributed by atoms with Gasteiger partial charge in [-0.25, -0.2) is 9.97 Å². The van der Waals surface area contributed by atoms with Crippen molar-refractivity contribution in [3.8, 4) is 6.07 Å². The molecule has 1 saturated heterocycles. The molecular weight excluding hydrogens is 214 g/mol. The highest BCUT2D eigenvalue weighted by Crippen LogP contribution is 2.22. The van der Waals surface area contributed by atoms with Gasteiger partial charge in [-0.15, -0.1) is 0 Å². The second-order valence-electron chi connectivity index (χ2n) is 4.54. The summed E-state index contributed by atoms with van der Waals surface area (Å²) in [6.45, 7) is 1.75. The van der Waals surface area contributed by atoms with Gasteiger partial charge in [-0.1, -0.05) is 0 Å². The van der Waals surface area contributed by atoms with Crippen LogP contribution in [0.3, 0.4) is 0 Å². The molecule has 0 spiro atoms. The summed E-state index contributed by atoms with van der Waals surface area (Å²) in [5, 5.41) is 8.98. The van der Waals surface area contributed by atoms with Crippen LogP contribution in [-0.4, -0.2) is 37.2 Å². The third-order valence-corrected chi connectivity index (χ3v) is 3.02. The summed E-state index contributed by atoms with van der Waals surface area (Å²) in [5.74, 6) is 1.94. The predicted octanol–water partition coefficient (Wildman–Crippen LogP) is 1.28. The van der Waals surface area contributed by atoms with Gasteiger partial charge in [0.25, 0.3) is 0 Å². The molecule has 1 aliphatic rings. The van der Waals surface area contributed by atoms with Crippen LogP contribution >= 0.6 is 0 Å². The molecule has 0 N–H and O–H groups in total. The highest BCUT2D eigenvalue weighted by Gasteiger charge is 2.20. The monoisotopic (exact) mass is 231 g/mol. The Morgan fingerprint density at radius 2 is 2.29 bits per heavy atom. The molecule has 1 fully saturated rings. The molecule has 90 valence electrons. The van der Waals surface area contributed by atoms with Gasteiger partial charge in [-0.05, 0) is 12.8 Å². The van der Waals surface area contributed by atoms with Crippen molar-refractivity contribution in [2.45, 2.75) is 12.8 Å². The van der Waals surface area contributed by atoms with Crippen LogP contribution in [0, 0.1) is 17.2 Å². The fourth-order valence-corrected chi connectivity index (χ4v) is 2.05. The highest BCUT2D eigenvalue weighted by atomic mass is 15.2. The van der Waals surface area contributed by atoms with Gasteiger partial charge in [0.1, 0.15) is 18.0 Å². The summed E-state index contributed by atoms with van der Waals surface area (Å²) < 4.78 is 0. The van der Waals surface area contributed by atoms with E-state index in [0.717, 1.165) is 37.6 Å². The van der Waals surface area contributed by atoms with Gasteiger partial charge in [0.2, 0.25) is 0 Å². The van der Waals surface area contributed by atoms with Gasteiger partial charge in [-0.2, -0.15) is 5.26 Å². The van der Waals surface area contributed by atoms with Gasteiger partial charge >= 0.3 is 0 Å². The third-order valence-electron chi connectivity index (χ3n) is 3.02. The first-order valence-electron chi connectivity index (χ1n) is 5.84. The topological polar surface area (TPSA) is 56.0 Å². The molecule has 0 saturated carbocycles. The smallest absolute Gasteiger partial charge is 0.134 e. The molecule has 17 heavy (non-hydrogen) atoms. The minimum Gasteiger partial charge on any atom is -0.363 e. The molecular formula is C12H17N5. The van der Waals surface area contributed by atoms with E-state index in [1.165, 1.54) is 0 Å². The van der Waals surface area contributed by atoms with Crippen molar-refractivity contribution in [1.82, 2.24) is 9.97 Å². The van der Waals surface area contributed by atoms with E-state index in [0.29, 0.717) is 0 Å². The summed E-state index contributed by atoms with van der Waals surface area (Å²) in [4.78, 5) is 12.6. The first-order chi connectivity index (χ1) is 8.20. The second kappa shape index (κ2) is 5.00. The molecule has 0 aromatic carbocycles. The Balaban J connectivity index is 2.16. The van der Waals surface area contributed by atoms with E-state index in [1.54, 1.807) is 6.33 Å². The van der Waals surface area contributed by atoms with Crippen molar-refractivity contribution in [3.63, 3.8) is 0 Å². The first kappa shape index (κ1) is 11.6. The van der Waals surface area contributed by atoms with Crippen molar-refractivity contribution >= 4 is 11.6 Å². The molecule has 1 aromatic rings. The van der Waals surface area contributed by atoms with Crippen molar-refractivity contribution in [3.05, 3.63) is 12.4 Å². The van der Waals surface area contributed by atoms with E-state index < -0.39 is 0 Å². The van der Waals surface area contributed by atoms with E-state index in [2.05, 4.69) is 20.9 Å². The van der Waals surface area contributed by atoms with E-state index in [4.69, 9.17) is 5.26 Å². The molecule has 1 atom stereocenters. The average molecular weight is 231 g/mol. The number of aromatic nitrogens is 2. The van der Waals surface area contributed by atoms with Crippen LogP contribution in [0.1, 0.15) is 12.8 Å². The molecule has 2 heterocycles. The fourth-order valence-electron chi connectivity index (χ4n) is 2.05. The maximum atomic E-state index is 8.98. The van der Waals surface area contributed by atoms with Crippen LogP contribution in [0.15, 0.2) is 12.4 Å². The van der Waals surface area contributed by atoms with E-state index in [-0.39, 0.29) is 5.92 Å². The lowest BCUT2D eigenvalue weighted by molar-refractivity contribution is 0.490. The number of anilines is 2. The van der Waals surface area contributed by atoms with Crippen molar-refractivity contribution in [2.75, 3.05) is 37.0 Å². The number of nitriles is 1. The first-order valence-corrected chi connectivity index (χ1v) is 5.84. The molecule has 0 aliphatic carbocycles. The Morgan fingerprint density at radius 3 is 3.00 bits per heavy atom. The van der Waals surface area contributed by atoms with E-state index >= 15 is 0 Å². The van der Waals surface area contributed by atoms with Crippen LogP contribution in [0.4, 0.5) is 11.6 Å². The minimum atomic E-state index is 0.126. The Kier molecular flexibility index (Phi) is 3.43. The van der Waals surface area contributed by atoms with Crippen molar-refractivity contribution in [1.29, 1.82) is 5.26 Å². The lowest BCUT2D eigenvalue weighted by atomic mass is 10.00. The lowest BCUT2D eigenvalue weighted by Gasteiger charge is -2.30. The van der Waals surface area contributed by atoms with E-state index in [9.17, 15) is 0 Å². The van der Waals surface area contributed by atoms with Gasteiger partial charge < -0.3 is 9.80 Å². The number of piperidine rings is 1. The Labute approximate surface area is 102 Å². The highest BCUT2D eigenvalue weighted by molar-refractivity contribution is 5.49. The third kappa shape index (κ3) is 2.64. The largest absolute Gasteiger partial charge is 0.363 e. The molecule has 1 aromatic heterocycles. The quantitative estimate of drug-likeness (QED) is 0.767. The Morgan fingerprint density at radius 1 is 1.47 bits per heavy atom. The zero-order valence-electron chi connectivity index (χ0n) is 10.3. The van der Waals surface area contributed by atoms with Crippen LogP contribution in [0.25, 0.3) is 0 Å². The summed E-state index contributed by atoms with van der Waals surface area (Å²) in [7, 11) is 3.92. The minimum absolute atomic E-state index is 0.126. The molecule has 2 rings (SSSR count). The van der Waals surface area contributed by atoms with Gasteiger partial charge in [0.05, 0.1) is 12.0 Å². The second-order valence-corrected chi connectivity index (χ2v) is 4.54. The molecule has 5 nitrogen and oxygen atoms in total. The zero-order valence-corrected chi connectivity index (χ0v) is 10.3.